The van der Waals surface area contributed by atoms with Crippen molar-refractivity contribution in [3.8, 4) is 12.3 Å². The maximum absolute atomic E-state index is 5.19. The zero-order chi connectivity index (χ0) is 11.2. The van der Waals surface area contributed by atoms with E-state index >= 15 is 0 Å². The molecule has 0 rings (SSSR count). The van der Waals surface area contributed by atoms with Gasteiger partial charge in [0.15, 0.2) is 0 Å². The summed E-state index contributed by atoms with van der Waals surface area (Å²) in [4.78, 5) is 0. The van der Waals surface area contributed by atoms with Crippen molar-refractivity contribution in [1.29, 1.82) is 0 Å². The number of rotatable bonds is 11. The van der Waals surface area contributed by atoms with E-state index < -0.39 is 0 Å². The van der Waals surface area contributed by atoms with Crippen molar-refractivity contribution in [2.45, 2.75) is 64.2 Å². The molecule has 0 unspecified atom stereocenters. The standard InChI is InChI=1S/C13H26OSi/c1-2-3-4-5-6-7-8-9-10-11-12-13-14-15/h1H,3-13H2,15H3. The first-order chi connectivity index (χ1) is 7.41. The van der Waals surface area contributed by atoms with Crippen LogP contribution in [0.2, 0.25) is 0 Å². The van der Waals surface area contributed by atoms with Crippen molar-refractivity contribution in [1.82, 2.24) is 0 Å². The topological polar surface area (TPSA) is 9.23 Å². The smallest absolute Gasteiger partial charge is 0.145 e. The Bertz CT molecular complexity index is 151. The van der Waals surface area contributed by atoms with Crippen LogP contribution in [0.1, 0.15) is 64.2 Å². The van der Waals surface area contributed by atoms with Gasteiger partial charge in [-0.1, -0.05) is 44.9 Å². The second kappa shape index (κ2) is 13.7. The quantitative estimate of drug-likeness (QED) is 0.299. The lowest BCUT2D eigenvalue weighted by Gasteiger charge is -2.01. The van der Waals surface area contributed by atoms with Gasteiger partial charge in [0.05, 0.1) is 0 Å². The normalized spacial score (nSPS) is 10.3. The largest absolute Gasteiger partial charge is 0.428 e. The van der Waals surface area contributed by atoms with Crippen molar-refractivity contribution >= 4 is 10.5 Å². The monoisotopic (exact) mass is 226 g/mol. The predicted octanol–water partition coefficient (Wildman–Crippen LogP) is 2.82. The maximum Gasteiger partial charge on any atom is 0.145 e. The Balaban J connectivity index is 2.84. The van der Waals surface area contributed by atoms with Crippen LogP contribution in [0, 0.1) is 12.3 Å². The van der Waals surface area contributed by atoms with Crippen LogP contribution < -0.4 is 0 Å². The third-order valence-electron chi connectivity index (χ3n) is 2.67. The van der Waals surface area contributed by atoms with Gasteiger partial charge in [0.25, 0.3) is 0 Å². The molecule has 0 saturated carbocycles. The van der Waals surface area contributed by atoms with Crippen molar-refractivity contribution in [3.63, 3.8) is 0 Å². The minimum absolute atomic E-state index is 0.896. The van der Waals surface area contributed by atoms with Crippen molar-refractivity contribution < 1.29 is 4.43 Å². The molecule has 0 N–H and O–H groups in total. The van der Waals surface area contributed by atoms with Crippen LogP contribution in [-0.2, 0) is 4.43 Å². The third kappa shape index (κ3) is 13.7. The summed E-state index contributed by atoms with van der Waals surface area (Å²) in [6, 6.07) is 0. The molecule has 0 spiro atoms. The number of terminal acetylenes is 1. The maximum atomic E-state index is 5.19. The molecule has 0 bridgehead atoms. The van der Waals surface area contributed by atoms with Gasteiger partial charge in [-0.2, -0.15) is 0 Å². The lowest BCUT2D eigenvalue weighted by Crippen LogP contribution is -1.89. The Morgan fingerprint density at radius 3 is 1.73 bits per heavy atom. The molecule has 1 nitrogen and oxygen atoms in total. The van der Waals surface area contributed by atoms with Gasteiger partial charge in [0.2, 0.25) is 0 Å². The van der Waals surface area contributed by atoms with Crippen molar-refractivity contribution in [2.24, 2.45) is 0 Å². The summed E-state index contributed by atoms with van der Waals surface area (Å²) in [5.41, 5.74) is 0. The second-order valence-electron chi connectivity index (χ2n) is 4.13. The first-order valence-electron chi connectivity index (χ1n) is 6.34. The Morgan fingerprint density at radius 1 is 0.800 bits per heavy atom. The summed E-state index contributed by atoms with van der Waals surface area (Å²) >= 11 is 0. The van der Waals surface area contributed by atoms with Crippen LogP contribution in [0.15, 0.2) is 0 Å². The lowest BCUT2D eigenvalue weighted by atomic mass is 10.1. The first kappa shape index (κ1) is 14.7. The van der Waals surface area contributed by atoms with E-state index in [0.29, 0.717) is 0 Å². The average Bonchev–Trinajstić information content (AvgIpc) is 2.26. The number of hydrogen-bond donors (Lipinski definition) is 0. The molecular formula is C13H26OSi. The first-order valence-corrected chi connectivity index (χ1v) is 7.16. The van der Waals surface area contributed by atoms with Gasteiger partial charge in [-0.05, 0) is 12.8 Å². The fourth-order valence-corrected chi connectivity index (χ4v) is 2.00. The molecule has 0 aliphatic carbocycles. The zero-order valence-electron chi connectivity index (χ0n) is 10.3. The van der Waals surface area contributed by atoms with E-state index in [4.69, 9.17) is 10.8 Å². The van der Waals surface area contributed by atoms with Gasteiger partial charge in [0, 0.05) is 13.0 Å². The summed E-state index contributed by atoms with van der Waals surface area (Å²) in [7, 11) is 0.896. The fourth-order valence-electron chi connectivity index (χ4n) is 1.71. The minimum atomic E-state index is 0.896. The summed E-state index contributed by atoms with van der Waals surface area (Å²) in [5.74, 6) is 2.69. The molecule has 0 fully saturated rings. The molecule has 0 radical (unpaired) electrons. The van der Waals surface area contributed by atoms with Gasteiger partial charge in [-0.3, -0.25) is 0 Å². The lowest BCUT2D eigenvalue weighted by molar-refractivity contribution is 0.332. The number of unbranched alkanes of at least 4 members (excludes halogenated alkanes) is 9. The molecule has 0 heterocycles. The molecule has 0 aromatic heterocycles. The van der Waals surface area contributed by atoms with Crippen LogP contribution in [0.3, 0.4) is 0 Å². The zero-order valence-corrected chi connectivity index (χ0v) is 12.3. The molecule has 0 atom stereocenters. The highest BCUT2D eigenvalue weighted by atomic mass is 28.2. The second-order valence-corrected chi connectivity index (χ2v) is 4.71. The SMILES string of the molecule is C#CCCCCCCCCCCCO[SiH3]. The highest BCUT2D eigenvalue weighted by Crippen LogP contribution is 2.10. The molecule has 0 aromatic rings. The minimum Gasteiger partial charge on any atom is -0.428 e. The molecular weight excluding hydrogens is 200 g/mol. The Labute approximate surface area is 98.5 Å². The van der Waals surface area contributed by atoms with Gasteiger partial charge in [-0.25, -0.2) is 0 Å². The number of hydrogen-bond acceptors (Lipinski definition) is 1. The molecule has 0 saturated heterocycles. The molecule has 0 aliphatic rings. The van der Waals surface area contributed by atoms with Crippen molar-refractivity contribution in [3.05, 3.63) is 0 Å². The van der Waals surface area contributed by atoms with E-state index in [2.05, 4.69) is 5.92 Å². The fraction of sp³-hybridized carbons (Fsp3) is 0.846. The Kier molecular flexibility index (Phi) is 13.5. The highest BCUT2D eigenvalue weighted by molar-refractivity contribution is 5.97. The van der Waals surface area contributed by atoms with E-state index in [9.17, 15) is 0 Å². The Morgan fingerprint density at radius 2 is 1.27 bits per heavy atom. The molecule has 2 heteroatoms. The van der Waals surface area contributed by atoms with E-state index in [0.717, 1.165) is 23.5 Å². The third-order valence-corrected chi connectivity index (χ3v) is 3.08. The van der Waals surface area contributed by atoms with E-state index in [1.54, 1.807) is 0 Å². The molecule has 15 heavy (non-hydrogen) atoms. The Hall–Kier alpha value is -0.263. The van der Waals surface area contributed by atoms with Crippen LogP contribution >= 0.6 is 0 Å². The van der Waals surface area contributed by atoms with Crippen LogP contribution in [0.4, 0.5) is 0 Å². The molecule has 0 aromatic carbocycles. The van der Waals surface area contributed by atoms with E-state index in [1.807, 2.05) is 0 Å². The summed E-state index contributed by atoms with van der Waals surface area (Å²) < 4.78 is 5.15. The van der Waals surface area contributed by atoms with Crippen molar-refractivity contribution in [2.75, 3.05) is 6.61 Å². The summed E-state index contributed by atoms with van der Waals surface area (Å²) in [5, 5.41) is 0. The van der Waals surface area contributed by atoms with Gasteiger partial charge in [0.1, 0.15) is 10.5 Å². The van der Waals surface area contributed by atoms with E-state index in [-0.39, 0.29) is 0 Å². The van der Waals surface area contributed by atoms with Gasteiger partial charge < -0.3 is 4.43 Å². The summed E-state index contributed by atoms with van der Waals surface area (Å²) in [6.45, 7) is 0.984. The molecule has 0 amide bonds. The summed E-state index contributed by atoms with van der Waals surface area (Å²) in [6.07, 6.45) is 18.2. The predicted molar refractivity (Wildman–Crippen MR) is 70.9 cm³/mol. The molecule has 88 valence electrons. The van der Waals surface area contributed by atoms with E-state index in [1.165, 1.54) is 57.8 Å². The van der Waals surface area contributed by atoms with Gasteiger partial charge in [-0.15, -0.1) is 12.3 Å². The van der Waals surface area contributed by atoms with Crippen LogP contribution in [0.5, 0.6) is 0 Å². The van der Waals surface area contributed by atoms with Gasteiger partial charge >= 0.3 is 0 Å². The van der Waals surface area contributed by atoms with Crippen LogP contribution in [-0.4, -0.2) is 17.1 Å². The van der Waals surface area contributed by atoms with Crippen LogP contribution in [0.25, 0.3) is 0 Å². The average molecular weight is 226 g/mol. The molecule has 0 aliphatic heterocycles. The highest BCUT2D eigenvalue weighted by Gasteiger charge is 1.92.